The second kappa shape index (κ2) is 6.16. The van der Waals surface area contributed by atoms with Gasteiger partial charge in [0.05, 0.1) is 0 Å². The van der Waals surface area contributed by atoms with E-state index in [2.05, 4.69) is 22.7 Å². The van der Waals surface area contributed by atoms with E-state index in [1.807, 2.05) is 31.2 Å². The molecule has 4 N–H and O–H groups in total. The van der Waals surface area contributed by atoms with Crippen LogP contribution in [0.3, 0.4) is 0 Å². The maximum absolute atomic E-state index is 12.2. The summed E-state index contributed by atoms with van der Waals surface area (Å²) in [6.07, 6.45) is 0.930. The summed E-state index contributed by atoms with van der Waals surface area (Å²) in [4.78, 5) is 16.4. The molecule has 1 heterocycles. The standard InChI is InChI=1S/C15H18N4O/c1-3-11-5-4-6-13(8-11)18-15(20)12-7-10(2)17-14(9-12)19-16/h4-9H,3,16H2,1-2H3,(H,17,19)(H,18,20). The van der Waals surface area contributed by atoms with Crippen LogP contribution in [-0.4, -0.2) is 10.9 Å². The van der Waals surface area contributed by atoms with E-state index in [0.717, 1.165) is 17.8 Å². The zero-order valence-electron chi connectivity index (χ0n) is 11.6. The number of amides is 1. The van der Waals surface area contributed by atoms with Gasteiger partial charge in [0.15, 0.2) is 0 Å². The molecule has 0 spiro atoms. The molecule has 0 aliphatic carbocycles. The Morgan fingerprint density at radius 3 is 2.80 bits per heavy atom. The number of pyridine rings is 1. The van der Waals surface area contributed by atoms with Crippen LogP contribution >= 0.6 is 0 Å². The molecule has 1 amide bonds. The van der Waals surface area contributed by atoms with Gasteiger partial charge < -0.3 is 10.7 Å². The first-order valence-electron chi connectivity index (χ1n) is 6.48. The van der Waals surface area contributed by atoms with Crippen molar-refractivity contribution in [2.24, 2.45) is 5.84 Å². The minimum atomic E-state index is -0.180. The van der Waals surface area contributed by atoms with Gasteiger partial charge in [-0.05, 0) is 43.2 Å². The third-order valence-electron chi connectivity index (χ3n) is 2.96. The van der Waals surface area contributed by atoms with Crippen molar-refractivity contribution in [1.29, 1.82) is 0 Å². The lowest BCUT2D eigenvalue weighted by Crippen LogP contribution is -2.15. The van der Waals surface area contributed by atoms with Crippen LogP contribution in [0.15, 0.2) is 36.4 Å². The van der Waals surface area contributed by atoms with Crippen molar-refractivity contribution < 1.29 is 4.79 Å². The number of hydrogen-bond donors (Lipinski definition) is 3. The van der Waals surface area contributed by atoms with Crippen LogP contribution in [0.5, 0.6) is 0 Å². The average Bonchev–Trinajstić information content (AvgIpc) is 2.46. The summed E-state index contributed by atoms with van der Waals surface area (Å²) >= 11 is 0. The maximum Gasteiger partial charge on any atom is 0.255 e. The SMILES string of the molecule is CCc1cccc(NC(=O)c2cc(C)nc(NN)c2)c1. The quantitative estimate of drug-likeness (QED) is 0.589. The zero-order valence-corrected chi connectivity index (χ0v) is 11.6. The third-order valence-corrected chi connectivity index (χ3v) is 2.96. The molecule has 2 aromatic rings. The summed E-state index contributed by atoms with van der Waals surface area (Å²) in [5.41, 5.74) is 5.67. The summed E-state index contributed by atoms with van der Waals surface area (Å²) in [5.74, 6) is 5.62. The minimum Gasteiger partial charge on any atom is -0.322 e. The lowest BCUT2D eigenvalue weighted by Gasteiger charge is -2.08. The Labute approximate surface area is 118 Å². The van der Waals surface area contributed by atoms with Crippen LogP contribution in [0.4, 0.5) is 11.5 Å². The molecule has 0 saturated carbocycles. The van der Waals surface area contributed by atoms with E-state index in [0.29, 0.717) is 11.4 Å². The van der Waals surface area contributed by atoms with Gasteiger partial charge in [-0.2, -0.15) is 0 Å². The molecule has 5 nitrogen and oxygen atoms in total. The van der Waals surface area contributed by atoms with Crippen LogP contribution in [0.2, 0.25) is 0 Å². The van der Waals surface area contributed by atoms with Gasteiger partial charge in [-0.25, -0.2) is 10.8 Å². The van der Waals surface area contributed by atoms with E-state index in [9.17, 15) is 4.79 Å². The van der Waals surface area contributed by atoms with Crippen molar-refractivity contribution >= 4 is 17.4 Å². The summed E-state index contributed by atoms with van der Waals surface area (Å²) in [7, 11) is 0. The molecule has 0 aliphatic heterocycles. The zero-order chi connectivity index (χ0) is 14.5. The Morgan fingerprint density at radius 2 is 2.10 bits per heavy atom. The Kier molecular flexibility index (Phi) is 4.32. The van der Waals surface area contributed by atoms with Gasteiger partial charge in [-0.15, -0.1) is 0 Å². The van der Waals surface area contributed by atoms with E-state index < -0.39 is 0 Å². The molecular weight excluding hydrogens is 252 g/mol. The second-order valence-electron chi connectivity index (χ2n) is 4.53. The monoisotopic (exact) mass is 270 g/mol. The predicted octanol–water partition coefficient (Wildman–Crippen LogP) is 2.49. The van der Waals surface area contributed by atoms with Crippen molar-refractivity contribution in [3.63, 3.8) is 0 Å². The molecule has 5 heteroatoms. The van der Waals surface area contributed by atoms with Crippen molar-refractivity contribution in [3.8, 4) is 0 Å². The topological polar surface area (TPSA) is 80.0 Å². The summed E-state index contributed by atoms with van der Waals surface area (Å²) in [6.45, 7) is 3.89. The van der Waals surface area contributed by atoms with Gasteiger partial charge in [-0.1, -0.05) is 19.1 Å². The second-order valence-corrected chi connectivity index (χ2v) is 4.53. The number of anilines is 2. The predicted molar refractivity (Wildman–Crippen MR) is 80.6 cm³/mol. The molecule has 20 heavy (non-hydrogen) atoms. The Balaban J connectivity index is 2.21. The Bertz CT molecular complexity index is 625. The maximum atomic E-state index is 12.2. The van der Waals surface area contributed by atoms with Crippen molar-refractivity contribution in [1.82, 2.24) is 4.98 Å². The first kappa shape index (κ1) is 14.0. The van der Waals surface area contributed by atoms with Gasteiger partial charge in [0, 0.05) is 16.9 Å². The number of nitrogens with one attached hydrogen (secondary N) is 2. The van der Waals surface area contributed by atoms with Gasteiger partial charge in [0.2, 0.25) is 0 Å². The number of nitrogens with two attached hydrogens (primary N) is 1. The number of carbonyl (C=O) groups is 1. The molecule has 0 atom stereocenters. The molecule has 104 valence electrons. The number of benzene rings is 1. The Hall–Kier alpha value is -2.40. The highest BCUT2D eigenvalue weighted by molar-refractivity contribution is 6.04. The number of aryl methyl sites for hydroxylation is 2. The van der Waals surface area contributed by atoms with Gasteiger partial charge in [-0.3, -0.25) is 4.79 Å². The minimum absolute atomic E-state index is 0.180. The lowest BCUT2D eigenvalue weighted by atomic mass is 10.1. The average molecular weight is 270 g/mol. The third kappa shape index (κ3) is 3.33. The highest BCUT2D eigenvalue weighted by Gasteiger charge is 2.09. The van der Waals surface area contributed by atoms with Crippen molar-refractivity contribution in [2.75, 3.05) is 10.7 Å². The fourth-order valence-electron chi connectivity index (χ4n) is 1.95. The largest absolute Gasteiger partial charge is 0.322 e. The molecule has 2 rings (SSSR count). The van der Waals surface area contributed by atoms with E-state index in [4.69, 9.17) is 5.84 Å². The summed E-state index contributed by atoms with van der Waals surface area (Å²) in [5, 5.41) is 2.88. The highest BCUT2D eigenvalue weighted by Crippen LogP contribution is 2.14. The fourth-order valence-corrected chi connectivity index (χ4v) is 1.95. The molecule has 0 radical (unpaired) electrons. The molecule has 1 aromatic heterocycles. The molecule has 1 aromatic carbocycles. The number of nitrogen functional groups attached to an aromatic ring is 1. The molecular formula is C15H18N4O. The normalized spacial score (nSPS) is 10.2. The van der Waals surface area contributed by atoms with Crippen LogP contribution < -0.4 is 16.6 Å². The Morgan fingerprint density at radius 1 is 1.30 bits per heavy atom. The first-order chi connectivity index (χ1) is 9.62. The van der Waals surface area contributed by atoms with Crippen LogP contribution in [0.25, 0.3) is 0 Å². The summed E-state index contributed by atoms with van der Waals surface area (Å²) in [6, 6.07) is 11.1. The molecule has 0 aliphatic rings. The first-order valence-corrected chi connectivity index (χ1v) is 6.48. The van der Waals surface area contributed by atoms with Gasteiger partial charge in [0.25, 0.3) is 5.91 Å². The number of aromatic nitrogens is 1. The number of hydrazine groups is 1. The lowest BCUT2D eigenvalue weighted by molar-refractivity contribution is 0.102. The van der Waals surface area contributed by atoms with Gasteiger partial charge in [0.1, 0.15) is 5.82 Å². The van der Waals surface area contributed by atoms with Crippen molar-refractivity contribution in [3.05, 3.63) is 53.2 Å². The smallest absolute Gasteiger partial charge is 0.255 e. The number of carbonyl (C=O) groups excluding carboxylic acids is 1. The molecule has 0 unspecified atom stereocenters. The van der Waals surface area contributed by atoms with E-state index in [1.165, 1.54) is 5.56 Å². The summed E-state index contributed by atoms with van der Waals surface area (Å²) < 4.78 is 0. The fraction of sp³-hybridized carbons (Fsp3) is 0.200. The van der Waals surface area contributed by atoms with Crippen LogP contribution in [0, 0.1) is 6.92 Å². The molecule has 0 bridgehead atoms. The van der Waals surface area contributed by atoms with Crippen LogP contribution in [0.1, 0.15) is 28.5 Å². The number of rotatable bonds is 4. The number of nitrogens with zero attached hydrogens (tertiary/aromatic N) is 1. The highest BCUT2D eigenvalue weighted by atomic mass is 16.1. The van der Waals surface area contributed by atoms with E-state index >= 15 is 0 Å². The van der Waals surface area contributed by atoms with Crippen molar-refractivity contribution in [2.45, 2.75) is 20.3 Å². The van der Waals surface area contributed by atoms with E-state index in [1.54, 1.807) is 12.1 Å². The van der Waals surface area contributed by atoms with E-state index in [-0.39, 0.29) is 5.91 Å². The van der Waals surface area contributed by atoms with Gasteiger partial charge >= 0.3 is 0 Å². The molecule has 0 fully saturated rings. The van der Waals surface area contributed by atoms with Crippen LogP contribution in [-0.2, 0) is 6.42 Å². The number of hydrogen-bond acceptors (Lipinski definition) is 4. The molecule has 0 saturated heterocycles.